The fourth-order valence-electron chi connectivity index (χ4n) is 1.53. The van der Waals surface area contributed by atoms with E-state index in [1.807, 2.05) is 24.3 Å². The summed E-state index contributed by atoms with van der Waals surface area (Å²) in [6.45, 7) is 0.368. The second-order valence-electron chi connectivity index (χ2n) is 4.01. The predicted molar refractivity (Wildman–Crippen MR) is 75.5 cm³/mol. The van der Waals surface area contributed by atoms with Crippen molar-refractivity contribution in [3.8, 4) is 11.8 Å². The van der Waals surface area contributed by atoms with E-state index in [1.165, 1.54) is 0 Å². The standard InChI is InChI=1S/C16H13N2O2/c1-19-16-8-6-15(7-9-16)12-20-18-11-14-4-2-13(10-17)3-5-14/h2-9H,12H2,1H3. The molecule has 0 N–H and O–H groups in total. The summed E-state index contributed by atoms with van der Waals surface area (Å²) in [7, 11) is 1.63. The van der Waals surface area contributed by atoms with Gasteiger partial charge in [0.15, 0.2) is 0 Å². The average Bonchev–Trinajstić information content (AvgIpc) is 2.53. The molecule has 0 atom stereocenters. The first-order valence-electron chi connectivity index (χ1n) is 6.03. The van der Waals surface area contributed by atoms with Crippen LogP contribution in [0.1, 0.15) is 16.7 Å². The lowest BCUT2D eigenvalue weighted by Gasteiger charge is -2.02. The van der Waals surface area contributed by atoms with Crippen molar-refractivity contribution in [2.75, 3.05) is 7.11 Å². The largest absolute Gasteiger partial charge is 0.497 e. The molecule has 4 heteroatoms. The maximum Gasteiger partial charge on any atom is 0.142 e. The van der Waals surface area contributed by atoms with E-state index in [0.29, 0.717) is 12.2 Å². The van der Waals surface area contributed by atoms with Crippen molar-refractivity contribution in [3.05, 3.63) is 65.2 Å². The Morgan fingerprint density at radius 3 is 2.25 bits per heavy atom. The molecule has 2 rings (SSSR count). The van der Waals surface area contributed by atoms with Gasteiger partial charge in [0.05, 0.1) is 18.7 Å². The van der Waals surface area contributed by atoms with E-state index in [0.717, 1.165) is 16.9 Å². The number of hydrogen-bond donors (Lipinski definition) is 0. The van der Waals surface area contributed by atoms with Crippen LogP contribution in [0.3, 0.4) is 0 Å². The van der Waals surface area contributed by atoms with Gasteiger partial charge in [-0.3, -0.25) is 0 Å². The van der Waals surface area contributed by atoms with E-state index in [4.69, 9.17) is 14.8 Å². The van der Waals surface area contributed by atoms with Crippen LogP contribution < -0.4 is 4.74 Å². The normalized spacial score (nSPS) is 10.2. The minimum atomic E-state index is 0.368. The molecule has 0 saturated carbocycles. The summed E-state index contributed by atoms with van der Waals surface area (Å²) in [4.78, 5) is 5.16. The van der Waals surface area contributed by atoms with Gasteiger partial charge >= 0.3 is 0 Å². The van der Waals surface area contributed by atoms with Crippen molar-refractivity contribution in [1.29, 1.82) is 5.26 Å². The highest BCUT2D eigenvalue weighted by molar-refractivity contribution is 5.79. The van der Waals surface area contributed by atoms with Gasteiger partial charge in [-0.1, -0.05) is 29.4 Å². The Kier molecular flexibility index (Phi) is 4.74. The van der Waals surface area contributed by atoms with Gasteiger partial charge in [0, 0.05) is 5.56 Å². The SMILES string of the molecule is COc1ccc(CO/N=[C]\c2ccc(C#N)cc2)cc1. The van der Waals surface area contributed by atoms with Crippen molar-refractivity contribution in [2.24, 2.45) is 5.16 Å². The highest BCUT2D eigenvalue weighted by Crippen LogP contribution is 2.12. The van der Waals surface area contributed by atoms with Gasteiger partial charge in [-0.05, 0) is 29.8 Å². The van der Waals surface area contributed by atoms with Crippen LogP contribution in [0, 0.1) is 11.3 Å². The molecule has 4 nitrogen and oxygen atoms in total. The van der Waals surface area contributed by atoms with Gasteiger partial charge in [0.2, 0.25) is 0 Å². The van der Waals surface area contributed by atoms with Crippen molar-refractivity contribution < 1.29 is 9.57 Å². The molecular weight excluding hydrogens is 252 g/mol. The van der Waals surface area contributed by atoms with Crippen LogP contribution in [-0.2, 0) is 11.4 Å². The fourth-order valence-corrected chi connectivity index (χ4v) is 1.53. The maximum absolute atomic E-state index is 8.68. The minimum Gasteiger partial charge on any atom is -0.497 e. The molecule has 0 fully saturated rings. The van der Waals surface area contributed by atoms with Crippen LogP contribution in [-0.4, -0.2) is 13.3 Å². The Labute approximate surface area is 117 Å². The molecule has 20 heavy (non-hydrogen) atoms. The molecule has 0 aliphatic rings. The number of hydrogen-bond acceptors (Lipinski definition) is 4. The third kappa shape index (κ3) is 3.85. The number of nitriles is 1. The Hall–Kier alpha value is -2.80. The topological polar surface area (TPSA) is 54.6 Å². The molecule has 0 aliphatic carbocycles. The van der Waals surface area contributed by atoms with Gasteiger partial charge in [-0.2, -0.15) is 5.26 Å². The lowest BCUT2D eigenvalue weighted by molar-refractivity contribution is 0.132. The van der Waals surface area contributed by atoms with Crippen LogP contribution >= 0.6 is 0 Å². The maximum atomic E-state index is 8.68. The first kappa shape index (κ1) is 13.6. The van der Waals surface area contributed by atoms with E-state index >= 15 is 0 Å². The minimum absolute atomic E-state index is 0.368. The first-order valence-corrected chi connectivity index (χ1v) is 6.03. The highest BCUT2D eigenvalue weighted by Gasteiger charge is 1.95. The van der Waals surface area contributed by atoms with Crippen molar-refractivity contribution in [2.45, 2.75) is 6.61 Å². The molecule has 2 aromatic carbocycles. The molecule has 1 radical (unpaired) electrons. The number of benzene rings is 2. The quantitative estimate of drug-likeness (QED) is 0.617. The molecule has 0 amide bonds. The Morgan fingerprint density at radius 2 is 1.65 bits per heavy atom. The highest BCUT2D eigenvalue weighted by atomic mass is 16.6. The Morgan fingerprint density at radius 1 is 1.00 bits per heavy atom. The second-order valence-corrected chi connectivity index (χ2v) is 4.01. The lowest BCUT2D eigenvalue weighted by Crippen LogP contribution is -1.89. The zero-order valence-electron chi connectivity index (χ0n) is 11.0. The number of rotatable bonds is 5. The zero-order chi connectivity index (χ0) is 14.2. The van der Waals surface area contributed by atoms with Crippen LogP contribution in [0.5, 0.6) is 5.75 Å². The smallest absolute Gasteiger partial charge is 0.142 e. The summed E-state index contributed by atoms with van der Waals surface area (Å²) in [6, 6.07) is 16.6. The van der Waals surface area contributed by atoms with Gasteiger partial charge in [-0.25, -0.2) is 0 Å². The molecule has 0 spiro atoms. The molecule has 99 valence electrons. The first-order chi connectivity index (χ1) is 9.81. The third-order valence-electron chi connectivity index (χ3n) is 2.64. The molecule has 0 aromatic heterocycles. The van der Waals surface area contributed by atoms with Gasteiger partial charge in [-0.15, -0.1) is 0 Å². The monoisotopic (exact) mass is 265 g/mol. The summed E-state index contributed by atoms with van der Waals surface area (Å²) < 4.78 is 5.07. The van der Waals surface area contributed by atoms with E-state index in [-0.39, 0.29) is 0 Å². The summed E-state index contributed by atoms with van der Waals surface area (Å²) in [5.41, 5.74) is 2.37. The van der Waals surface area contributed by atoms with E-state index < -0.39 is 0 Å². The molecule has 0 heterocycles. The van der Waals surface area contributed by atoms with Gasteiger partial charge < -0.3 is 9.57 Å². The van der Waals surface area contributed by atoms with E-state index in [1.54, 1.807) is 31.4 Å². The number of nitrogens with zero attached hydrogens (tertiary/aromatic N) is 2. The summed E-state index contributed by atoms with van der Waals surface area (Å²) in [5, 5.41) is 12.4. The van der Waals surface area contributed by atoms with Crippen molar-refractivity contribution in [1.82, 2.24) is 0 Å². The summed E-state index contributed by atoms with van der Waals surface area (Å²) in [6.07, 6.45) is 2.76. The second kappa shape index (κ2) is 6.95. The fraction of sp³-hybridized carbons (Fsp3) is 0.125. The van der Waals surface area contributed by atoms with Crippen LogP contribution in [0.4, 0.5) is 0 Å². The molecule has 0 unspecified atom stereocenters. The molecule has 0 bridgehead atoms. The van der Waals surface area contributed by atoms with Crippen LogP contribution in [0.15, 0.2) is 53.7 Å². The summed E-state index contributed by atoms with van der Waals surface area (Å²) >= 11 is 0. The average molecular weight is 265 g/mol. The molecule has 0 saturated heterocycles. The molecule has 2 aromatic rings. The van der Waals surface area contributed by atoms with E-state index in [9.17, 15) is 0 Å². The molecular formula is C16H13N2O2. The number of ether oxygens (including phenoxy) is 1. The van der Waals surface area contributed by atoms with Gasteiger partial charge in [0.1, 0.15) is 18.6 Å². The van der Waals surface area contributed by atoms with Gasteiger partial charge in [0.25, 0.3) is 0 Å². The Bertz CT molecular complexity index is 610. The van der Waals surface area contributed by atoms with Crippen molar-refractivity contribution >= 4 is 6.21 Å². The van der Waals surface area contributed by atoms with Crippen LogP contribution in [0.2, 0.25) is 0 Å². The summed E-state index contributed by atoms with van der Waals surface area (Å²) in [5.74, 6) is 0.807. The van der Waals surface area contributed by atoms with Crippen molar-refractivity contribution in [3.63, 3.8) is 0 Å². The van der Waals surface area contributed by atoms with Crippen LogP contribution in [0.25, 0.3) is 0 Å². The van der Waals surface area contributed by atoms with E-state index in [2.05, 4.69) is 17.4 Å². The lowest BCUT2D eigenvalue weighted by atomic mass is 10.2. The number of methoxy groups -OCH3 is 1. The third-order valence-corrected chi connectivity index (χ3v) is 2.64. The predicted octanol–water partition coefficient (Wildman–Crippen LogP) is 2.99. The molecule has 0 aliphatic heterocycles. The Balaban J connectivity index is 1.85. The zero-order valence-corrected chi connectivity index (χ0v) is 11.0.